The zero-order valence-corrected chi connectivity index (χ0v) is 19.1. The number of nitrogens with zero attached hydrogens (tertiary/aromatic N) is 3. The first-order valence-electron chi connectivity index (χ1n) is 10.8. The summed E-state index contributed by atoms with van der Waals surface area (Å²) in [6.45, 7) is 7.83. The molecule has 1 saturated heterocycles. The summed E-state index contributed by atoms with van der Waals surface area (Å²) in [6.07, 6.45) is 0.338. The van der Waals surface area contributed by atoms with Gasteiger partial charge in [0.1, 0.15) is 11.8 Å². The summed E-state index contributed by atoms with van der Waals surface area (Å²) in [4.78, 5) is 52.9. The minimum Gasteiger partial charge on any atom is -0.494 e. The summed E-state index contributed by atoms with van der Waals surface area (Å²) in [5.74, 6) is -0.848. The molecule has 33 heavy (non-hydrogen) atoms. The third-order valence-electron chi connectivity index (χ3n) is 5.88. The zero-order chi connectivity index (χ0) is 24.3. The fraction of sp³-hybridized carbons (Fsp3) is 0.375. The SMILES string of the molecule is CCOc1ccc(N2C(=O)CC(N(C(=O)c3cccc([N+](=O)[O-])c3)C(C)(C)CC)C2=O)cc1. The van der Waals surface area contributed by atoms with E-state index in [1.54, 1.807) is 38.1 Å². The van der Waals surface area contributed by atoms with Gasteiger partial charge in [-0.05, 0) is 57.5 Å². The molecule has 0 spiro atoms. The monoisotopic (exact) mass is 453 g/mol. The van der Waals surface area contributed by atoms with Gasteiger partial charge in [-0.15, -0.1) is 0 Å². The number of ether oxygens (including phenoxy) is 1. The van der Waals surface area contributed by atoms with Crippen LogP contribution < -0.4 is 9.64 Å². The van der Waals surface area contributed by atoms with E-state index in [9.17, 15) is 24.5 Å². The van der Waals surface area contributed by atoms with Gasteiger partial charge in [0, 0.05) is 23.2 Å². The van der Waals surface area contributed by atoms with Crippen LogP contribution in [-0.4, -0.2) is 45.7 Å². The van der Waals surface area contributed by atoms with Crippen molar-refractivity contribution in [3.8, 4) is 5.75 Å². The third kappa shape index (κ3) is 4.72. The van der Waals surface area contributed by atoms with Crippen LogP contribution in [0.15, 0.2) is 48.5 Å². The zero-order valence-electron chi connectivity index (χ0n) is 19.1. The van der Waals surface area contributed by atoms with E-state index in [-0.39, 0.29) is 17.7 Å². The van der Waals surface area contributed by atoms with E-state index in [0.717, 1.165) is 4.90 Å². The maximum absolute atomic E-state index is 13.5. The Balaban J connectivity index is 1.97. The molecule has 2 aromatic rings. The van der Waals surface area contributed by atoms with Crippen molar-refractivity contribution < 1.29 is 24.0 Å². The molecule has 1 aliphatic rings. The Kier molecular flexibility index (Phi) is 6.81. The number of anilines is 1. The van der Waals surface area contributed by atoms with Crippen LogP contribution in [0.3, 0.4) is 0 Å². The lowest BCUT2D eigenvalue weighted by molar-refractivity contribution is -0.384. The van der Waals surface area contributed by atoms with Crippen molar-refractivity contribution in [3.05, 3.63) is 64.2 Å². The molecule has 0 N–H and O–H groups in total. The predicted octanol–water partition coefficient (Wildman–Crippen LogP) is 3.96. The fourth-order valence-corrected chi connectivity index (χ4v) is 3.85. The second kappa shape index (κ2) is 9.40. The molecule has 0 radical (unpaired) electrons. The number of hydrogen-bond acceptors (Lipinski definition) is 6. The first kappa shape index (κ1) is 23.9. The van der Waals surface area contributed by atoms with Crippen molar-refractivity contribution in [2.24, 2.45) is 0 Å². The van der Waals surface area contributed by atoms with Crippen LogP contribution in [0.2, 0.25) is 0 Å². The molecule has 9 heteroatoms. The van der Waals surface area contributed by atoms with Gasteiger partial charge < -0.3 is 9.64 Å². The highest BCUT2D eigenvalue weighted by atomic mass is 16.6. The molecule has 1 heterocycles. The van der Waals surface area contributed by atoms with Gasteiger partial charge in [-0.2, -0.15) is 0 Å². The average molecular weight is 453 g/mol. The Hall–Kier alpha value is -3.75. The molecule has 0 aromatic heterocycles. The number of rotatable bonds is 8. The number of nitro groups is 1. The minimum atomic E-state index is -1.02. The highest BCUT2D eigenvalue weighted by Gasteiger charge is 2.48. The summed E-state index contributed by atoms with van der Waals surface area (Å²) in [5, 5.41) is 11.2. The number of benzene rings is 2. The van der Waals surface area contributed by atoms with Crippen molar-refractivity contribution >= 4 is 29.1 Å². The molecular formula is C24H27N3O6. The number of imide groups is 1. The molecule has 0 bridgehead atoms. The van der Waals surface area contributed by atoms with Crippen LogP contribution in [0.25, 0.3) is 0 Å². The maximum Gasteiger partial charge on any atom is 0.270 e. The van der Waals surface area contributed by atoms with Gasteiger partial charge in [-0.1, -0.05) is 13.0 Å². The van der Waals surface area contributed by atoms with E-state index in [4.69, 9.17) is 4.74 Å². The van der Waals surface area contributed by atoms with Gasteiger partial charge in [-0.3, -0.25) is 24.5 Å². The molecule has 3 rings (SSSR count). The van der Waals surface area contributed by atoms with Crippen LogP contribution in [0.4, 0.5) is 11.4 Å². The number of nitro benzene ring substituents is 1. The molecule has 3 amide bonds. The lowest BCUT2D eigenvalue weighted by atomic mass is 9.94. The molecule has 1 fully saturated rings. The molecular weight excluding hydrogens is 426 g/mol. The highest BCUT2D eigenvalue weighted by molar-refractivity contribution is 6.23. The summed E-state index contributed by atoms with van der Waals surface area (Å²) in [6, 6.07) is 11.0. The molecule has 1 unspecified atom stereocenters. The standard InChI is InChI=1S/C24H27N3O6/c1-5-24(3,4)26(22(29)16-8-7-9-18(14-16)27(31)32)20-15-21(28)25(23(20)30)17-10-12-19(13-11-17)33-6-2/h7-14,20H,5-6,15H2,1-4H3. The van der Waals surface area contributed by atoms with Crippen molar-refractivity contribution in [2.45, 2.75) is 52.1 Å². The lowest BCUT2D eigenvalue weighted by Crippen LogP contribution is -2.55. The molecule has 0 aliphatic carbocycles. The number of amides is 3. The van der Waals surface area contributed by atoms with E-state index < -0.39 is 34.2 Å². The Morgan fingerprint density at radius 1 is 1.18 bits per heavy atom. The van der Waals surface area contributed by atoms with E-state index in [2.05, 4.69) is 0 Å². The van der Waals surface area contributed by atoms with E-state index in [1.807, 2.05) is 13.8 Å². The van der Waals surface area contributed by atoms with Crippen LogP contribution in [0, 0.1) is 10.1 Å². The first-order chi connectivity index (χ1) is 15.6. The molecule has 1 aliphatic heterocycles. The maximum atomic E-state index is 13.5. The van der Waals surface area contributed by atoms with Gasteiger partial charge in [0.2, 0.25) is 5.91 Å². The molecule has 9 nitrogen and oxygen atoms in total. The quantitative estimate of drug-likeness (QED) is 0.340. The van der Waals surface area contributed by atoms with Gasteiger partial charge in [0.05, 0.1) is 23.6 Å². The van der Waals surface area contributed by atoms with Crippen molar-refractivity contribution in [1.82, 2.24) is 4.90 Å². The average Bonchev–Trinajstić information content (AvgIpc) is 3.08. The Morgan fingerprint density at radius 3 is 2.42 bits per heavy atom. The summed E-state index contributed by atoms with van der Waals surface area (Å²) < 4.78 is 5.41. The van der Waals surface area contributed by atoms with Crippen LogP contribution in [0.1, 0.15) is 50.9 Å². The van der Waals surface area contributed by atoms with Gasteiger partial charge in [0.25, 0.3) is 17.5 Å². The normalized spacial score (nSPS) is 16.1. The van der Waals surface area contributed by atoms with Crippen molar-refractivity contribution in [3.63, 3.8) is 0 Å². The van der Waals surface area contributed by atoms with E-state index in [0.29, 0.717) is 24.5 Å². The third-order valence-corrected chi connectivity index (χ3v) is 5.88. The smallest absolute Gasteiger partial charge is 0.270 e. The summed E-state index contributed by atoms with van der Waals surface area (Å²) in [7, 11) is 0. The highest BCUT2D eigenvalue weighted by Crippen LogP contribution is 2.33. The van der Waals surface area contributed by atoms with E-state index >= 15 is 0 Å². The van der Waals surface area contributed by atoms with Crippen LogP contribution in [-0.2, 0) is 9.59 Å². The lowest BCUT2D eigenvalue weighted by Gasteiger charge is -2.41. The molecule has 2 aromatic carbocycles. The Bertz CT molecular complexity index is 1080. The van der Waals surface area contributed by atoms with Crippen molar-refractivity contribution in [2.75, 3.05) is 11.5 Å². The van der Waals surface area contributed by atoms with E-state index in [1.165, 1.54) is 29.2 Å². The number of hydrogen-bond donors (Lipinski definition) is 0. The summed E-state index contributed by atoms with van der Waals surface area (Å²) in [5.41, 5.74) is -0.518. The molecule has 174 valence electrons. The number of non-ortho nitro benzene ring substituents is 1. The first-order valence-corrected chi connectivity index (χ1v) is 10.8. The Labute approximate surface area is 192 Å². The number of carbonyl (C=O) groups excluding carboxylic acids is 3. The summed E-state index contributed by atoms with van der Waals surface area (Å²) >= 11 is 0. The van der Waals surface area contributed by atoms with Crippen LogP contribution >= 0.6 is 0 Å². The minimum absolute atomic E-state index is 0.0884. The topological polar surface area (TPSA) is 110 Å². The molecule has 0 saturated carbocycles. The molecule has 1 atom stereocenters. The van der Waals surface area contributed by atoms with Gasteiger partial charge in [0.15, 0.2) is 0 Å². The predicted molar refractivity (Wildman–Crippen MR) is 122 cm³/mol. The Morgan fingerprint density at radius 2 is 1.85 bits per heavy atom. The second-order valence-corrected chi connectivity index (χ2v) is 8.36. The van der Waals surface area contributed by atoms with Gasteiger partial charge in [-0.25, -0.2) is 4.90 Å². The van der Waals surface area contributed by atoms with Crippen LogP contribution in [0.5, 0.6) is 5.75 Å². The fourth-order valence-electron chi connectivity index (χ4n) is 3.85. The van der Waals surface area contributed by atoms with Gasteiger partial charge >= 0.3 is 0 Å². The second-order valence-electron chi connectivity index (χ2n) is 8.36. The largest absolute Gasteiger partial charge is 0.494 e. The number of carbonyl (C=O) groups is 3. The van der Waals surface area contributed by atoms with Crippen molar-refractivity contribution in [1.29, 1.82) is 0 Å².